The third kappa shape index (κ3) is 15.6. The van der Waals surface area contributed by atoms with Gasteiger partial charge in [-0.2, -0.15) is 0 Å². The Morgan fingerprint density at radius 3 is 2.17 bits per heavy atom. The van der Waals surface area contributed by atoms with Gasteiger partial charge in [-0.1, -0.05) is 72.5 Å². The van der Waals surface area contributed by atoms with Gasteiger partial charge in [0.1, 0.15) is 6.10 Å². The van der Waals surface area contributed by atoms with Crippen LogP contribution in [0.15, 0.2) is 11.6 Å². The number of hydrogen-bond acceptors (Lipinski definition) is 10. The van der Waals surface area contributed by atoms with Crippen LogP contribution in [0.3, 0.4) is 0 Å². The van der Waals surface area contributed by atoms with Crippen molar-refractivity contribution >= 4 is 29.5 Å². The van der Waals surface area contributed by atoms with Crippen LogP contribution in [0.25, 0.3) is 0 Å². The Morgan fingerprint density at radius 2 is 1.55 bits per heavy atom. The maximum atomic E-state index is 11.9. The van der Waals surface area contributed by atoms with E-state index in [-0.39, 0.29) is 23.7 Å². The van der Waals surface area contributed by atoms with Crippen molar-refractivity contribution in [3.8, 4) is 0 Å². The summed E-state index contributed by atoms with van der Waals surface area (Å²) in [6.07, 6.45) is 17.8. The van der Waals surface area contributed by atoms with Gasteiger partial charge in [-0.3, -0.25) is 14.4 Å². The molecule has 0 heterocycles. The number of ether oxygens (including phenoxy) is 5. The lowest BCUT2D eigenvalue weighted by molar-refractivity contribution is -0.151. The van der Waals surface area contributed by atoms with Gasteiger partial charge in [0.2, 0.25) is 11.8 Å². The highest BCUT2D eigenvalue weighted by atomic mass is 32.2. The SMILES string of the molecule is CCC(=O)OC1CC[C@@]2(C)C(=CC[C@H]3[C@@H]4CC[C@H]([C@H](C)CCCC(C)C)[C@@]4(C)CC[C@@H]32)C1.CCOCCOCCOCCOCCNC(=O)CSC[C@H](NC)C(N)=O. The van der Waals surface area contributed by atoms with E-state index < -0.39 is 11.9 Å². The molecule has 4 N–H and O–H groups in total. The predicted molar refractivity (Wildman–Crippen MR) is 235 cm³/mol. The van der Waals surface area contributed by atoms with E-state index in [0.717, 1.165) is 48.3 Å². The zero-order valence-electron chi connectivity index (χ0n) is 37.7. The van der Waals surface area contributed by atoms with Crippen LogP contribution >= 0.6 is 11.8 Å². The molecule has 3 saturated carbocycles. The molecule has 9 atom stereocenters. The van der Waals surface area contributed by atoms with E-state index in [0.29, 0.717) is 82.4 Å². The van der Waals surface area contributed by atoms with Gasteiger partial charge in [0.25, 0.3) is 0 Å². The normalized spacial score (nSPS) is 28.6. The molecule has 0 saturated heterocycles. The van der Waals surface area contributed by atoms with Crippen LogP contribution in [0.4, 0.5) is 0 Å². The first-order valence-electron chi connectivity index (χ1n) is 22.8. The van der Waals surface area contributed by atoms with Gasteiger partial charge in [0, 0.05) is 31.7 Å². The molecule has 0 aliphatic heterocycles. The number of nitrogens with two attached hydrogens (primary N) is 1. The number of thioether (sulfide) groups is 1. The van der Waals surface area contributed by atoms with Crippen LogP contribution in [0, 0.1) is 46.3 Å². The van der Waals surface area contributed by atoms with Crippen LogP contribution in [0.2, 0.25) is 0 Å². The lowest BCUT2D eigenvalue weighted by Gasteiger charge is -2.58. The van der Waals surface area contributed by atoms with E-state index in [2.05, 4.69) is 51.3 Å². The summed E-state index contributed by atoms with van der Waals surface area (Å²) in [6, 6.07) is -0.425. The summed E-state index contributed by atoms with van der Waals surface area (Å²) in [5.74, 6) is 5.49. The Morgan fingerprint density at radius 1 is 0.879 bits per heavy atom. The molecule has 0 radical (unpaired) electrons. The maximum absolute atomic E-state index is 11.9. The molecule has 4 aliphatic carbocycles. The number of carbonyl (C=O) groups excluding carboxylic acids is 3. The molecule has 4 rings (SSSR count). The minimum absolute atomic E-state index is 0.0270. The molecule has 0 aromatic heterocycles. The minimum atomic E-state index is -0.425. The minimum Gasteiger partial charge on any atom is -0.462 e. The fourth-order valence-electron chi connectivity index (χ4n) is 10.7. The fourth-order valence-corrected chi connectivity index (χ4v) is 11.7. The number of hydrogen-bond donors (Lipinski definition) is 3. The van der Waals surface area contributed by atoms with Gasteiger partial charge >= 0.3 is 5.97 Å². The second-order valence-corrected chi connectivity index (χ2v) is 19.2. The highest BCUT2D eigenvalue weighted by Gasteiger charge is 2.59. The molecular formula is C46H83N3O8S. The average Bonchev–Trinajstić information content (AvgIpc) is 3.55. The number of rotatable bonds is 26. The van der Waals surface area contributed by atoms with Crippen molar-refractivity contribution in [1.29, 1.82) is 0 Å². The molecule has 4 aliphatic rings. The van der Waals surface area contributed by atoms with Crippen molar-refractivity contribution in [2.24, 2.45) is 52.1 Å². The number of carbonyl (C=O) groups is 3. The lowest BCUT2D eigenvalue weighted by Crippen LogP contribution is -2.51. The van der Waals surface area contributed by atoms with Gasteiger partial charge < -0.3 is 40.1 Å². The van der Waals surface area contributed by atoms with E-state index >= 15 is 0 Å². The third-order valence-corrected chi connectivity index (χ3v) is 15.0. The Bertz CT molecular complexity index is 1250. The summed E-state index contributed by atoms with van der Waals surface area (Å²) in [5.41, 5.74) is 7.73. The van der Waals surface area contributed by atoms with Crippen LogP contribution < -0.4 is 16.4 Å². The zero-order valence-corrected chi connectivity index (χ0v) is 38.5. The molecule has 12 heteroatoms. The topological polar surface area (TPSA) is 147 Å². The van der Waals surface area contributed by atoms with Gasteiger partial charge in [0.15, 0.2) is 0 Å². The van der Waals surface area contributed by atoms with E-state index in [1.54, 1.807) is 12.6 Å². The van der Waals surface area contributed by atoms with Crippen molar-refractivity contribution in [1.82, 2.24) is 10.6 Å². The molecule has 0 aromatic rings. The van der Waals surface area contributed by atoms with Crippen molar-refractivity contribution in [2.45, 2.75) is 138 Å². The molecule has 0 spiro atoms. The first-order chi connectivity index (χ1) is 27.8. The second-order valence-electron chi connectivity index (χ2n) is 18.1. The highest BCUT2D eigenvalue weighted by Crippen LogP contribution is 2.67. The van der Waals surface area contributed by atoms with Gasteiger partial charge in [-0.05, 0) is 105 Å². The Kier molecular flexibility index (Phi) is 23.2. The molecule has 11 nitrogen and oxygen atoms in total. The van der Waals surface area contributed by atoms with Crippen molar-refractivity contribution in [2.75, 3.05) is 78.0 Å². The summed E-state index contributed by atoms with van der Waals surface area (Å²) in [6.45, 7) is 21.1. The molecule has 336 valence electrons. The van der Waals surface area contributed by atoms with E-state index in [4.69, 9.17) is 29.4 Å². The summed E-state index contributed by atoms with van der Waals surface area (Å²) < 4.78 is 26.9. The molecule has 1 unspecified atom stereocenters. The van der Waals surface area contributed by atoms with Crippen LogP contribution in [-0.2, 0) is 38.1 Å². The fraction of sp³-hybridized carbons (Fsp3) is 0.891. The van der Waals surface area contributed by atoms with Gasteiger partial charge in [-0.25, -0.2) is 0 Å². The summed E-state index contributed by atoms with van der Waals surface area (Å²) >= 11 is 1.35. The van der Waals surface area contributed by atoms with Crippen molar-refractivity contribution < 1.29 is 38.1 Å². The van der Waals surface area contributed by atoms with E-state index in [1.807, 2.05) is 13.8 Å². The number of fused-ring (bicyclic) bond motifs is 5. The molecule has 0 aromatic carbocycles. The number of esters is 1. The monoisotopic (exact) mass is 838 g/mol. The first-order valence-corrected chi connectivity index (χ1v) is 24.0. The van der Waals surface area contributed by atoms with Crippen LogP contribution in [0.5, 0.6) is 0 Å². The lowest BCUT2D eigenvalue weighted by atomic mass is 9.47. The molecule has 2 amide bonds. The number of allylic oxidation sites excluding steroid dienone is 1. The number of nitrogens with one attached hydrogen (secondary N) is 2. The highest BCUT2D eigenvalue weighted by molar-refractivity contribution is 8.00. The molecule has 3 fully saturated rings. The first kappa shape index (κ1) is 50.7. The Balaban J connectivity index is 0.000000319. The summed E-state index contributed by atoms with van der Waals surface area (Å²) in [7, 11) is 1.66. The third-order valence-electron chi connectivity index (χ3n) is 13.9. The Hall–Kier alpha value is -1.70. The Labute approximate surface area is 356 Å². The molecule has 0 bridgehead atoms. The standard InChI is InChI=1S/C30H50O2.C16H33N3O6S/c1-7-28(31)32-23-15-17-29(5)22(19-23)11-12-24-26-14-13-25(21(4)10-8-9-20(2)3)30(26,6)18-16-27(24)29;1-3-22-6-7-24-10-11-25-9-8-23-5-4-19-15(20)13-26-12-14(18-2)16(17)21/h11,20-21,23-27H,7-10,12-19H2,1-6H3;14,18H,3-13H2,1-2H3,(H2,17,21)(H,19,20)/t21-,23?,24+,25-,26+,27+,29+,30-;14-/m10/s1. The number of primary amides is 1. The maximum Gasteiger partial charge on any atom is 0.305 e. The predicted octanol–water partition coefficient (Wildman–Crippen LogP) is 7.35. The number of amides is 2. The van der Waals surface area contributed by atoms with E-state index in [1.165, 1.54) is 69.5 Å². The summed E-state index contributed by atoms with van der Waals surface area (Å²) in [4.78, 5) is 34.5. The molecular weight excluding hydrogens is 755 g/mol. The second kappa shape index (κ2) is 26.6. The smallest absolute Gasteiger partial charge is 0.305 e. The average molecular weight is 838 g/mol. The molecule has 58 heavy (non-hydrogen) atoms. The quantitative estimate of drug-likeness (QED) is 0.0459. The number of likely N-dealkylation sites (N-methyl/N-ethyl adjacent to an activating group) is 1. The van der Waals surface area contributed by atoms with Crippen LogP contribution in [0.1, 0.15) is 126 Å². The van der Waals surface area contributed by atoms with E-state index in [9.17, 15) is 14.4 Å². The van der Waals surface area contributed by atoms with Gasteiger partial charge in [0.05, 0.1) is 58.0 Å². The van der Waals surface area contributed by atoms with Crippen molar-refractivity contribution in [3.05, 3.63) is 11.6 Å². The zero-order chi connectivity index (χ0) is 42.6. The van der Waals surface area contributed by atoms with Gasteiger partial charge in [-0.15, -0.1) is 11.8 Å². The van der Waals surface area contributed by atoms with Crippen LogP contribution in [-0.4, -0.2) is 108 Å². The van der Waals surface area contributed by atoms with Crippen molar-refractivity contribution in [3.63, 3.8) is 0 Å². The largest absolute Gasteiger partial charge is 0.462 e. The summed E-state index contributed by atoms with van der Waals surface area (Å²) in [5, 5.41) is 5.54.